The summed E-state index contributed by atoms with van der Waals surface area (Å²) in [7, 11) is 0. The van der Waals surface area contributed by atoms with Gasteiger partial charge in [-0.2, -0.15) is 0 Å². The van der Waals surface area contributed by atoms with E-state index in [0.29, 0.717) is 6.54 Å². The number of aryl methyl sites for hydroxylation is 1. The highest BCUT2D eigenvalue weighted by Crippen LogP contribution is 2.32. The molecular formula is C10H14N2O2S. The number of nitrogens with zero attached hydrogens (tertiary/aromatic N) is 2. The van der Waals surface area contributed by atoms with Crippen LogP contribution >= 0.6 is 11.3 Å². The zero-order valence-electron chi connectivity index (χ0n) is 8.64. The van der Waals surface area contributed by atoms with Gasteiger partial charge in [0.15, 0.2) is 0 Å². The van der Waals surface area contributed by atoms with E-state index in [4.69, 9.17) is 5.11 Å². The van der Waals surface area contributed by atoms with Crippen LogP contribution in [0.25, 0.3) is 0 Å². The third-order valence-electron chi connectivity index (χ3n) is 2.67. The van der Waals surface area contributed by atoms with Crippen molar-refractivity contribution in [2.45, 2.75) is 32.2 Å². The van der Waals surface area contributed by atoms with Crippen molar-refractivity contribution in [3.05, 3.63) is 16.1 Å². The van der Waals surface area contributed by atoms with E-state index in [0.717, 1.165) is 30.0 Å². The molecule has 1 saturated heterocycles. The van der Waals surface area contributed by atoms with E-state index in [-0.39, 0.29) is 6.04 Å². The smallest absolute Gasteiger partial charge is 0.407 e. The highest BCUT2D eigenvalue weighted by atomic mass is 32.1. The fraction of sp³-hybridized carbons (Fsp3) is 0.600. The van der Waals surface area contributed by atoms with E-state index < -0.39 is 6.09 Å². The number of piperidine rings is 1. The standard InChI is InChI=1S/C10H14N2O2S/c1-7-6-15-9(11-7)8-4-2-3-5-12(8)10(13)14/h6,8H,2-5H2,1H3,(H,13,14). The number of likely N-dealkylation sites (tertiary alicyclic amines) is 1. The van der Waals surface area contributed by atoms with E-state index in [1.54, 1.807) is 11.3 Å². The van der Waals surface area contributed by atoms with Crippen molar-refractivity contribution in [1.29, 1.82) is 0 Å². The Balaban J connectivity index is 2.21. The Morgan fingerprint density at radius 2 is 2.47 bits per heavy atom. The molecule has 1 atom stereocenters. The van der Waals surface area contributed by atoms with Gasteiger partial charge in [0.05, 0.1) is 6.04 Å². The first-order chi connectivity index (χ1) is 7.18. The molecule has 0 saturated carbocycles. The van der Waals surface area contributed by atoms with Gasteiger partial charge in [0.2, 0.25) is 0 Å². The zero-order chi connectivity index (χ0) is 10.8. The maximum absolute atomic E-state index is 11.0. The Hall–Kier alpha value is -1.10. The van der Waals surface area contributed by atoms with Crippen LogP contribution in [0.2, 0.25) is 0 Å². The molecular weight excluding hydrogens is 212 g/mol. The van der Waals surface area contributed by atoms with E-state index >= 15 is 0 Å². The molecule has 0 aromatic carbocycles. The lowest BCUT2D eigenvalue weighted by Crippen LogP contribution is -2.37. The third kappa shape index (κ3) is 2.12. The van der Waals surface area contributed by atoms with Crippen LogP contribution in [0.4, 0.5) is 4.79 Å². The zero-order valence-corrected chi connectivity index (χ0v) is 9.46. The van der Waals surface area contributed by atoms with Crippen LogP contribution in [0.15, 0.2) is 5.38 Å². The van der Waals surface area contributed by atoms with Crippen LogP contribution in [0.3, 0.4) is 0 Å². The summed E-state index contributed by atoms with van der Waals surface area (Å²) in [5.41, 5.74) is 0.978. The lowest BCUT2D eigenvalue weighted by Gasteiger charge is -2.31. The first-order valence-electron chi connectivity index (χ1n) is 5.10. The molecule has 1 aliphatic rings. The second kappa shape index (κ2) is 4.18. The van der Waals surface area contributed by atoms with Crippen LogP contribution < -0.4 is 0 Å². The molecule has 1 N–H and O–H groups in total. The molecule has 2 rings (SSSR count). The fourth-order valence-corrected chi connectivity index (χ4v) is 2.89. The fourth-order valence-electron chi connectivity index (χ4n) is 1.94. The maximum atomic E-state index is 11.0. The molecule has 15 heavy (non-hydrogen) atoms. The molecule has 1 unspecified atom stereocenters. The molecule has 0 bridgehead atoms. The van der Waals surface area contributed by atoms with Gasteiger partial charge in [-0.15, -0.1) is 11.3 Å². The molecule has 2 heterocycles. The minimum atomic E-state index is -0.826. The van der Waals surface area contributed by atoms with E-state index in [1.165, 1.54) is 4.90 Å². The summed E-state index contributed by atoms with van der Waals surface area (Å²) < 4.78 is 0. The summed E-state index contributed by atoms with van der Waals surface area (Å²) in [5, 5.41) is 12.0. The van der Waals surface area contributed by atoms with Crippen LogP contribution in [0, 0.1) is 6.92 Å². The number of rotatable bonds is 1. The molecule has 5 heteroatoms. The van der Waals surface area contributed by atoms with Gasteiger partial charge in [0.1, 0.15) is 5.01 Å². The Morgan fingerprint density at radius 3 is 3.07 bits per heavy atom. The Labute approximate surface area is 92.6 Å². The minimum absolute atomic E-state index is 0.0186. The minimum Gasteiger partial charge on any atom is -0.465 e. The third-order valence-corrected chi connectivity index (χ3v) is 3.73. The van der Waals surface area contributed by atoms with Gasteiger partial charge in [-0.3, -0.25) is 4.90 Å². The molecule has 1 aliphatic heterocycles. The SMILES string of the molecule is Cc1csc(C2CCCCN2C(=O)O)n1. The average molecular weight is 226 g/mol. The number of carbonyl (C=O) groups is 1. The molecule has 1 amide bonds. The summed E-state index contributed by atoms with van der Waals surface area (Å²) in [5.74, 6) is 0. The van der Waals surface area contributed by atoms with Gasteiger partial charge in [-0.05, 0) is 26.2 Å². The second-order valence-electron chi connectivity index (χ2n) is 3.81. The van der Waals surface area contributed by atoms with Gasteiger partial charge < -0.3 is 5.11 Å². The number of hydrogen-bond donors (Lipinski definition) is 1. The van der Waals surface area contributed by atoms with E-state index in [9.17, 15) is 4.79 Å². The molecule has 82 valence electrons. The number of aromatic nitrogens is 1. The van der Waals surface area contributed by atoms with Crippen LogP contribution in [0.5, 0.6) is 0 Å². The summed E-state index contributed by atoms with van der Waals surface area (Å²) in [6.45, 7) is 2.58. The predicted molar refractivity (Wildman–Crippen MR) is 58.2 cm³/mol. The van der Waals surface area contributed by atoms with Gasteiger partial charge in [-0.1, -0.05) is 0 Å². The van der Waals surface area contributed by atoms with Crippen molar-refractivity contribution in [1.82, 2.24) is 9.88 Å². The van der Waals surface area contributed by atoms with E-state index in [1.807, 2.05) is 12.3 Å². The topological polar surface area (TPSA) is 53.4 Å². The maximum Gasteiger partial charge on any atom is 0.407 e. The van der Waals surface area contributed by atoms with Crippen molar-refractivity contribution in [2.24, 2.45) is 0 Å². The van der Waals surface area contributed by atoms with Crippen LogP contribution in [0.1, 0.15) is 36.0 Å². The van der Waals surface area contributed by atoms with Gasteiger partial charge in [0, 0.05) is 17.6 Å². The number of amides is 1. The molecule has 4 nitrogen and oxygen atoms in total. The number of thiazole rings is 1. The molecule has 0 aliphatic carbocycles. The highest BCUT2D eigenvalue weighted by molar-refractivity contribution is 7.09. The van der Waals surface area contributed by atoms with Crippen molar-refractivity contribution < 1.29 is 9.90 Å². The predicted octanol–water partition coefficient (Wildman–Crippen LogP) is 2.66. The Kier molecular flexibility index (Phi) is 2.90. The van der Waals surface area contributed by atoms with Crippen molar-refractivity contribution in [2.75, 3.05) is 6.54 Å². The van der Waals surface area contributed by atoms with Crippen LogP contribution in [-0.4, -0.2) is 27.6 Å². The van der Waals surface area contributed by atoms with Crippen molar-refractivity contribution >= 4 is 17.4 Å². The Morgan fingerprint density at radius 1 is 1.67 bits per heavy atom. The summed E-state index contributed by atoms with van der Waals surface area (Å²) in [6, 6.07) is -0.0186. The molecule has 0 radical (unpaired) electrons. The lowest BCUT2D eigenvalue weighted by molar-refractivity contribution is 0.106. The molecule has 0 spiro atoms. The molecule has 1 aromatic heterocycles. The first-order valence-corrected chi connectivity index (χ1v) is 5.98. The molecule has 1 aromatic rings. The van der Waals surface area contributed by atoms with E-state index in [2.05, 4.69) is 4.98 Å². The summed E-state index contributed by atoms with van der Waals surface area (Å²) >= 11 is 1.56. The van der Waals surface area contributed by atoms with Crippen molar-refractivity contribution in [3.63, 3.8) is 0 Å². The summed E-state index contributed by atoms with van der Waals surface area (Å²) in [4.78, 5) is 16.9. The quantitative estimate of drug-likeness (QED) is 0.801. The summed E-state index contributed by atoms with van der Waals surface area (Å²) in [6.07, 6.45) is 2.13. The van der Waals surface area contributed by atoms with Crippen molar-refractivity contribution in [3.8, 4) is 0 Å². The molecule has 1 fully saturated rings. The van der Waals surface area contributed by atoms with Crippen LogP contribution in [-0.2, 0) is 0 Å². The number of hydrogen-bond acceptors (Lipinski definition) is 3. The normalized spacial score (nSPS) is 21.7. The lowest BCUT2D eigenvalue weighted by atomic mass is 10.0. The first kappa shape index (κ1) is 10.4. The number of carboxylic acid groups (broad SMARTS) is 1. The van der Waals surface area contributed by atoms with Gasteiger partial charge in [0.25, 0.3) is 0 Å². The monoisotopic (exact) mass is 226 g/mol. The largest absolute Gasteiger partial charge is 0.465 e. The Bertz CT molecular complexity index is 364. The van der Waals surface area contributed by atoms with Gasteiger partial charge in [-0.25, -0.2) is 9.78 Å². The van der Waals surface area contributed by atoms with Gasteiger partial charge >= 0.3 is 6.09 Å². The second-order valence-corrected chi connectivity index (χ2v) is 4.70. The highest BCUT2D eigenvalue weighted by Gasteiger charge is 2.29. The average Bonchev–Trinajstić information content (AvgIpc) is 2.65.